The van der Waals surface area contributed by atoms with Gasteiger partial charge in [-0.2, -0.15) is 0 Å². The van der Waals surface area contributed by atoms with Crippen LogP contribution >= 0.6 is 0 Å². The van der Waals surface area contributed by atoms with Crippen molar-refractivity contribution in [1.29, 1.82) is 0 Å². The fraction of sp³-hybridized carbons (Fsp3) is 0.0833. The van der Waals surface area contributed by atoms with Crippen LogP contribution in [-0.4, -0.2) is 24.8 Å². The van der Waals surface area contributed by atoms with Crippen molar-refractivity contribution in [2.45, 2.75) is 0 Å². The van der Waals surface area contributed by atoms with E-state index in [1.807, 2.05) is 0 Å². The number of ether oxygens (including phenoxy) is 2. The number of cyclic esters (lactones) is 1. The minimum Gasteiger partial charge on any atom is -0.465 e. The second kappa shape index (κ2) is 4.40. The highest BCUT2D eigenvalue weighted by Gasteiger charge is 2.39. The van der Waals surface area contributed by atoms with Gasteiger partial charge >= 0.3 is 11.9 Å². The maximum atomic E-state index is 12.8. The Morgan fingerprint density at radius 3 is 2.39 bits per heavy atom. The molecule has 1 heterocycles. The minimum atomic E-state index is -1.16. The number of hydrogen-bond acceptors (Lipinski definition) is 5. The van der Waals surface area contributed by atoms with Crippen LogP contribution in [0.2, 0.25) is 0 Å². The Labute approximate surface area is 101 Å². The molecule has 0 unspecified atom stereocenters. The molecule has 0 saturated heterocycles. The van der Waals surface area contributed by atoms with Crippen LogP contribution in [-0.2, 0) is 23.9 Å². The molecule has 0 saturated carbocycles. The lowest BCUT2D eigenvalue weighted by Gasteiger charge is -2.03. The normalized spacial score (nSPS) is 14.8. The Balaban J connectivity index is 2.54. The first-order chi connectivity index (χ1) is 8.54. The van der Waals surface area contributed by atoms with Gasteiger partial charge in [0.05, 0.1) is 7.11 Å². The number of carbonyl (C=O) groups excluding carboxylic acids is 3. The summed E-state index contributed by atoms with van der Waals surface area (Å²) in [6.45, 7) is 0. The highest BCUT2D eigenvalue weighted by molar-refractivity contribution is 6.51. The van der Waals surface area contributed by atoms with Crippen LogP contribution in [0.3, 0.4) is 0 Å². The summed E-state index contributed by atoms with van der Waals surface area (Å²) in [6, 6.07) is 4.82. The number of ketones is 1. The van der Waals surface area contributed by atoms with E-state index in [1.165, 1.54) is 12.1 Å². The number of methoxy groups -OCH3 is 1. The van der Waals surface area contributed by atoms with Gasteiger partial charge in [0.2, 0.25) is 0 Å². The van der Waals surface area contributed by atoms with E-state index >= 15 is 0 Å². The molecule has 5 nitrogen and oxygen atoms in total. The van der Waals surface area contributed by atoms with Gasteiger partial charge in [0.15, 0.2) is 11.3 Å². The summed E-state index contributed by atoms with van der Waals surface area (Å²) >= 11 is 0. The first-order valence-corrected chi connectivity index (χ1v) is 4.89. The molecule has 0 amide bonds. The topological polar surface area (TPSA) is 69.7 Å². The van der Waals surface area contributed by atoms with Crippen molar-refractivity contribution in [3.63, 3.8) is 0 Å². The Bertz CT molecular complexity index is 571. The molecule has 0 bridgehead atoms. The van der Waals surface area contributed by atoms with Gasteiger partial charge in [-0.25, -0.2) is 14.0 Å². The molecule has 0 aromatic heterocycles. The molecular weight excluding hydrogens is 243 g/mol. The quantitative estimate of drug-likeness (QED) is 0.442. The number of esters is 2. The third-order valence-corrected chi connectivity index (χ3v) is 2.33. The second-order valence-electron chi connectivity index (χ2n) is 3.42. The van der Waals surface area contributed by atoms with Crippen molar-refractivity contribution in [3.05, 3.63) is 41.2 Å². The van der Waals surface area contributed by atoms with Gasteiger partial charge in [0.1, 0.15) is 5.82 Å². The average molecular weight is 250 g/mol. The van der Waals surface area contributed by atoms with E-state index in [2.05, 4.69) is 4.74 Å². The van der Waals surface area contributed by atoms with Crippen LogP contribution in [0, 0.1) is 5.82 Å². The molecule has 1 aromatic rings. The monoisotopic (exact) mass is 250 g/mol. The van der Waals surface area contributed by atoms with Gasteiger partial charge in [0.25, 0.3) is 5.78 Å². The predicted molar refractivity (Wildman–Crippen MR) is 56.4 cm³/mol. The zero-order valence-corrected chi connectivity index (χ0v) is 9.23. The Morgan fingerprint density at radius 2 is 1.83 bits per heavy atom. The van der Waals surface area contributed by atoms with E-state index in [9.17, 15) is 18.8 Å². The van der Waals surface area contributed by atoms with Gasteiger partial charge in [-0.15, -0.1) is 0 Å². The number of halogens is 1. The van der Waals surface area contributed by atoms with Crippen LogP contribution < -0.4 is 0 Å². The van der Waals surface area contributed by atoms with E-state index in [0.717, 1.165) is 19.2 Å². The van der Waals surface area contributed by atoms with Crippen molar-refractivity contribution in [1.82, 2.24) is 0 Å². The van der Waals surface area contributed by atoms with Crippen LogP contribution in [0.25, 0.3) is 5.76 Å². The first-order valence-electron chi connectivity index (χ1n) is 4.89. The van der Waals surface area contributed by atoms with Gasteiger partial charge in [-0.05, 0) is 24.3 Å². The van der Waals surface area contributed by atoms with Crippen LogP contribution in [0.15, 0.2) is 29.8 Å². The number of Topliss-reactive ketones (excluding diaryl/α,β-unsaturated/α-hetero) is 1. The molecular formula is C12H7FO5. The molecule has 1 aliphatic rings. The predicted octanol–water partition coefficient (Wildman–Crippen LogP) is 0.836. The van der Waals surface area contributed by atoms with Crippen LogP contribution in [0.5, 0.6) is 0 Å². The Hall–Kier alpha value is -2.50. The van der Waals surface area contributed by atoms with Crippen molar-refractivity contribution in [2.24, 2.45) is 0 Å². The summed E-state index contributed by atoms with van der Waals surface area (Å²) < 4.78 is 21.9. The minimum absolute atomic E-state index is 0.211. The summed E-state index contributed by atoms with van der Waals surface area (Å²) in [4.78, 5) is 34.0. The first kappa shape index (κ1) is 12.0. The van der Waals surface area contributed by atoms with Crippen molar-refractivity contribution < 1.29 is 28.2 Å². The molecule has 1 aliphatic heterocycles. The lowest BCUT2D eigenvalue weighted by atomic mass is 10.1. The molecule has 18 heavy (non-hydrogen) atoms. The van der Waals surface area contributed by atoms with Gasteiger partial charge in [0, 0.05) is 5.56 Å². The zero-order chi connectivity index (χ0) is 13.3. The Morgan fingerprint density at radius 1 is 1.22 bits per heavy atom. The summed E-state index contributed by atoms with van der Waals surface area (Å²) in [5.41, 5.74) is -0.231. The van der Waals surface area contributed by atoms with Crippen LogP contribution in [0.4, 0.5) is 4.39 Å². The molecule has 0 spiro atoms. The van der Waals surface area contributed by atoms with Gasteiger partial charge < -0.3 is 9.47 Å². The maximum Gasteiger partial charge on any atom is 0.385 e. The maximum absolute atomic E-state index is 12.8. The fourth-order valence-electron chi connectivity index (χ4n) is 1.49. The summed E-state index contributed by atoms with van der Waals surface area (Å²) in [5.74, 6) is -3.90. The molecule has 2 rings (SSSR count). The molecule has 0 radical (unpaired) electrons. The highest BCUT2D eigenvalue weighted by Crippen LogP contribution is 2.28. The van der Waals surface area contributed by atoms with E-state index in [1.54, 1.807) is 0 Å². The number of rotatable bonds is 2. The standard InChI is InChI=1S/C12H7FO5/c1-17-11(15)8-9(14)12(16)18-10(8)6-2-4-7(13)5-3-6/h2-5H,1H3. The van der Waals surface area contributed by atoms with Crippen LogP contribution in [0.1, 0.15) is 5.56 Å². The second-order valence-corrected chi connectivity index (χ2v) is 3.42. The number of carbonyl (C=O) groups is 3. The van der Waals surface area contributed by atoms with Gasteiger partial charge in [-0.3, -0.25) is 4.79 Å². The molecule has 0 fully saturated rings. The highest BCUT2D eigenvalue weighted by atomic mass is 19.1. The van der Waals surface area contributed by atoms with Gasteiger partial charge in [-0.1, -0.05) is 0 Å². The number of benzene rings is 1. The summed E-state index contributed by atoms with van der Waals surface area (Å²) in [6.07, 6.45) is 0. The third-order valence-electron chi connectivity index (χ3n) is 2.33. The van der Waals surface area contributed by atoms with E-state index in [-0.39, 0.29) is 11.3 Å². The van der Waals surface area contributed by atoms with Crippen molar-refractivity contribution in [3.8, 4) is 0 Å². The lowest BCUT2D eigenvalue weighted by Crippen LogP contribution is -2.16. The molecule has 92 valence electrons. The Kier molecular flexibility index (Phi) is 2.93. The lowest BCUT2D eigenvalue weighted by molar-refractivity contribution is -0.146. The molecule has 0 N–H and O–H groups in total. The number of hydrogen-bond donors (Lipinski definition) is 0. The smallest absolute Gasteiger partial charge is 0.385 e. The molecule has 0 aliphatic carbocycles. The molecule has 6 heteroatoms. The molecule has 1 aromatic carbocycles. The summed E-state index contributed by atoms with van der Waals surface area (Å²) in [7, 11) is 1.08. The van der Waals surface area contributed by atoms with E-state index < -0.39 is 29.1 Å². The summed E-state index contributed by atoms with van der Waals surface area (Å²) in [5, 5.41) is 0. The average Bonchev–Trinajstić information content (AvgIpc) is 2.66. The van der Waals surface area contributed by atoms with Crippen molar-refractivity contribution >= 4 is 23.5 Å². The SMILES string of the molecule is COC(=O)C1=C(c2ccc(F)cc2)OC(=O)C1=O. The zero-order valence-electron chi connectivity index (χ0n) is 9.23. The van der Waals surface area contributed by atoms with Crippen molar-refractivity contribution in [2.75, 3.05) is 7.11 Å². The largest absolute Gasteiger partial charge is 0.465 e. The van der Waals surface area contributed by atoms with E-state index in [0.29, 0.717) is 0 Å². The molecule has 0 atom stereocenters. The third kappa shape index (κ3) is 1.88. The fourth-order valence-corrected chi connectivity index (χ4v) is 1.49. The van der Waals surface area contributed by atoms with E-state index in [4.69, 9.17) is 4.74 Å².